The van der Waals surface area contributed by atoms with Crippen LogP contribution in [0, 0.1) is 13.8 Å². The van der Waals surface area contributed by atoms with E-state index in [9.17, 15) is 4.79 Å². The molecule has 1 aliphatic rings. The van der Waals surface area contributed by atoms with Gasteiger partial charge in [0.25, 0.3) is 5.91 Å². The van der Waals surface area contributed by atoms with Crippen LogP contribution in [0.3, 0.4) is 0 Å². The second-order valence-corrected chi connectivity index (χ2v) is 6.27. The smallest absolute Gasteiger partial charge is 0.275 e. The molecule has 1 amide bonds. The molecule has 2 aromatic carbocycles. The molecular weight excluding hydrogens is 328 g/mol. The number of ether oxygens (including phenoxy) is 2. The van der Waals surface area contributed by atoms with E-state index in [1.54, 1.807) is 14.2 Å². The third-order valence-corrected chi connectivity index (χ3v) is 4.28. The highest BCUT2D eigenvalue weighted by Gasteiger charge is 2.20. The van der Waals surface area contributed by atoms with Crippen LogP contribution in [0.5, 0.6) is 11.5 Å². The normalized spacial score (nSPS) is 15.0. The fourth-order valence-corrected chi connectivity index (χ4v) is 2.92. The summed E-state index contributed by atoms with van der Waals surface area (Å²) in [7, 11) is 3.20. The quantitative estimate of drug-likeness (QED) is 0.841. The molecule has 3 rings (SSSR count). The van der Waals surface area contributed by atoms with Crippen LogP contribution in [-0.2, 0) is 11.2 Å². The lowest BCUT2D eigenvalue weighted by atomic mass is 10.0. The molecule has 5 nitrogen and oxygen atoms in total. The Bertz CT molecular complexity index is 913. The van der Waals surface area contributed by atoms with E-state index in [1.165, 1.54) is 5.56 Å². The molecule has 134 valence electrons. The fraction of sp³-hybridized carbons (Fsp3) is 0.238. The van der Waals surface area contributed by atoms with Crippen LogP contribution in [0.25, 0.3) is 6.08 Å². The van der Waals surface area contributed by atoms with E-state index in [1.807, 2.05) is 50.3 Å². The van der Waals surface area contributed by atoms with Gasteiger partial charge in [-0.05, 0) is 48.7 Å². The van der Waals surface area contributed by atoms with Crippen molar-refractivity contribution in [1.82, 2.24) is 5.32 Å². The van der Waals surface area contributed by atoms with Crippen molar-refractivity contribution in [2.75, 3.05) is 14.2 Å². The Balaban J connectivity index is 1.83. The molecule has 26 heavy (non-hydrogen) atoms. The lowest BCUT2D eigenvalue weighted by molar-refractivity contribution is -0.115. The van der Waals surface area contributed by atoms with Crippen molar-refractivity contribution in [2.45, 2.75) is 20.3 Å². The van der Waals surface area contributed by atoms with E-state index < -0.39 is 0 Å². The average Bonchev–Trinajstić information content (AvgIpc) is 2.96. The lowest BCUT2D eigenvalue weighted by Crippen LogP contribution is -2.25. The second-order valence-electron chi connectivity index (χ2n) is 6.27. The van der Waals surface area contributed by atoms with Gasteiger partial charge in [-0.25, -0.2) is 4.99 Å². The van der Waals surface area contributed by atoms with E-state index in [0.717, 1.165) is 16.7 Å². The number of nitrogens with one attached hydrogen (secondary N) is 1. The predicted octanol–water partition coefficient (Wildman–Crippen LogP) is 3.43. The van der Waals surface area contributed by atoms with Gasteiger partial charge in [-0.3, -0.25) is 4.79 Å². The molecule has 0 bridgehead atoms. The fourth-order valence-electron chi connectivity index (χ4n) is 2.92. The van der Waals surface area contributed by atoms with Crippen LogP contribution in [-0.4, -0.2) is 26.0 Å². The predicted molar refractivity (Wildman–Crippen MR) is 103 cm³/mol. The number of nitrogens with zero attached hydrogens (tertiary/aromatic N) is 1. The van der Waals surface area contributed by atoms with E-state index >= 15 is 0 Å². The van der Waals surface area contributed by atoms with E-state index in [0.29, 0.717) is 29.5 Å². The van der Waals surface area contributed by atoms with Crippen molar-refractivity contribution in [3.05, 3.63) is 64.3 Å². The number of carbonyl (C=O) groups is 1. The van der Waals surface area contributed by atoms with Gasteiger partial charge in [-0.1, -0.05) is 29.8 Å². The molecule has 0 aliphatic carbocycles. The molecular formula is C21H22N2O3. The number of amides is 1. The van der Waals surface area contributed by atoms with Gasteiger partial charge in [0.2, 0.25) is 0 Å². The highest BCUT2D eigenvalue weighted by atomic mass is 16.5. The Labute approximate surface area is 153 Å². The largest absolute Gasteiger partial charge is 0.493 e. The van der Waals surface area contributed by atoms with Gasteiger partial charge in [-0.2, -0.15) is 0 Å². The minimum absolute atomic E-state index is 0.180. The molecule has 5 heteroatoms. The molecule has 0 aromatic heterocycles. The Kier molecular flexibility index (Phi) is 5.07. The van der Waals surface area contributed by atoms with Gasteiger partial charge >= 0.3 is 0 Å². The number of aryl methyl sites for hydroxylation is 2. The molecule has 2 aromatic rings. The summed E-state index contributed by atoms with van der Waals surface area (Å²) < 4.78 is 10.6. The summed E-state index contributed by atoms with van der Waals surface area (Å²) in [5.41, 5.74) is 4.71. The molecule has 0 atom stereocenters. The lowest BCUT2D eigenvalue weighted by Gasteiger charge is -2.09. The molecule has 1 heterocycles. The van der Waals surface area contributed by atoms with E-state index in [-0.39, 0.29) is 5.91 Å². The third-order valence-electron chi connectivity index (χ3n) is 4.28. The van der Waals surface area contributed by atoms with Crippen molar-refractivity contribution in [2.24, 2.45) is 4.99 Å². The van der Waals surface area contributed by atoms with Crippen LogP contribution in [0.4, 0.5) is 0 Å². The number of hydrogen-bond donors (Lipinski definition) is 1. The van der Waals surface area contributed by atoms with Gasteiger partial charge in [0.15, 0.2) is 11.5 Å². The van der Waals surface area contributed by atoms with Crippen molar-refractivity contribution in [3.63, 3.8) is 0 Å². The van der Waals surface area contributed by atoms with Gasteiger partial charge in [-0.15, -0.1) is 0 Å². The number of carbonyl (C=O) groups excluding carboxylic acids is 1. The van der Waals surface area contributed by atoms with Crippen molar-refractivity contribution in [1.29, 1.82) is 0 Å². The number of methoxy groups -OCH3 is 2. The molecule has 0 unspecified atom stereocenters. The molecule has 0 saturated heterocycles. The van der Waals surface area contributed by atoms with Crippen molar-refractivity contribution >= 4 is 17.8 Å². The Morgan fingerprint density at radius 2 is 1.81 bits per heavy atom. The highest BCUT2D eigenvalue weighted by Crippen LogP contribution is 2.28. The summed E-state index contributed by atoms with van der Waals surface area (Å²) in [5.74, 6) is 1.77. The first-order valence-corrected chi connectivity index (χ1v) is 8.39. The molecule has 1 N–H and O–H groups in total. The summed E-state index contributed by atoms with van der Waals surface area (Å²) in [6.07, 6.45) is 2.34. The zero-order valence-electron chi connectivity index (χ0n) is 15.4. The summed E-state index contributed by atoms with van der Waals surface area (Å²) >= 11 is 0. The standard InChI is InChI=1S/C21H22N2O3/c1-13-5-7-16(14(2)9-13)12-17-21(24)23-20(22-17)11-15-6-8-18(25-3)19(10-15)26-4/h5-10,12H,11H2,1-4H3,(H,22,23,24)/b17-12-. The van der Waals surface area contributed by atoms with Gasteiger partial charge in [0.05, 0.1) is 14.2 Å². The van der Waals surface area contributed by atoms with Crippen LogP contribution in [0.1, 0.15) is 22.3 Å². The van der Waals surface area contributed by atoms with Crippen molar-refractivity contribution in [3.8, 4) is 11.5 Å². The number of hydrogen-bond acceptors (Lipinski definition) is 4. The summed E-state index contributed by atoms with van der Waals surface area (Å²) in [5, 5.41) is 2.84. The number of rotatable bonds is 5. The van der Waals surface area contributed by atoms with E-state index in [2.05, 4.69) is 16.4 Å². The van der Waals surface area contributed by atoms with Crippen LogP contribution in [0.15, 0.2) is 47.1 Å². The molecule has 0 radical (unpaired) electrons. The topological polar surface area (TPSA) is 59.9 Å². The summed E-state index contributed by atoms with van der Waals surface area (Å²) in [6.45, 7) is 4.08. The van der Waals surface area contributed by atoms with Gasteiger partial charge < -0.3 is 14.8 Å². The average molecular weight is 350 g/mol. The maximum atomic E-state index is 12.2. The number of benzene rings is 2. The van der Waals surface area contributed by atoms with E-state index in [4.69, 9.17) is 9.47 Å². The second kappa shape index (κ2) is 7.44. The molecule has 0 saturated carbocycles. The van der Waals surface area contributed by atoms with Gasteiger partial charge in [0.1, 0.15) is 11.5 Å². The Morgan fingerprint density at radius 3 is 2.50 bits per heavy atom. The minimum atomic E-state index is -0.180. The van der Waals surface area contributed by atoms with Crippen LogP contribution in [0.2, 0.25) is 0 Å². The van der Waals surface area contributed by atoms with Crippen LogP contribution >= 0.6 is 0 Å². The highest BCUT2D eigenvalue weighted by molar-refractivity contribution is 6.14. The maximum absolute atomic E-state index is 12.2. The summed E-state index contributed by atoms with van der Waals surface area (Å²) in [6, 6.07) is 11.8. The third kappa shape index (κ3) is 3.77. The number of amidine groups is 1. The molecule has 0 spiro atoms. The Hall–Kier alpha value is -3.08. The SMILES string of the molecule is COc1ccc(CC2=N/C(=C\c3ccc(C)cc3C)C(=O)N2)cc1OC. The minimum Gasteiger partial charge on any atom is -0.493 e. The first-order valence-electron chi connectivity index (χ1n) is 8.39. The monoisotopic (exact) mass is 350 g/mol. The zero-order chi connectivity index (χ0) is 18.7. The zero-order valence-corrected chi connectivity index (χ0v) is 15.4. The maximum Gasteiger partial charge on any atom is 0.275 e. The van der Waals surface area contributed by atoms with Crippen molar-refractivity contribution < 1.29 is 14.3 Å². The Morgan fingerprint density at radius 1 is 1.04 bits per heavy atom. The van der Waals surface area contributed by atoms with Gasteiger partial charge in [0, 0.05) is 6.42 Å². The first-order chi connectivity index (χ1) is 12.5. The van der Waals surface area contributed by atoms with Crippen LogP contribution < -0.4 is 14.8 Å². The first kappa shape index (κ1) is 17.7. The summed E-state index contributed by atoms with van der Waals surface area (Å²) in [4.78, 5) is 16.7. The number of aliphatic imine (C=N–C) groups is 1. The molecule has 1 aliphatic heterocycles. The molecule has 0 fully saturated rings.